The standard InChI is InChI=1S/C18H24N2/c1-2-14-12-20(11-10-18(14)19)13-16-8-5-7-15-6-3-4-9-17(15)16/h3-9,14,18H,2,10-13,19H2,1H3. The molecule has 0 aromatic heterocycles. The Kier molecular flexibility index (Phi) is 4.04. The summed E-state index contributed by atoms with van der Waals surface area (Å²) in [7, 11) is 0. The highest BCUT2D eigenvalue weighted by molar-refractivity contribution is 5.85. The lowest BCUT2D eigenvalue weighted by Crippen LogP contribution is -2.46. The van der Waals surface area contributed by atoms with Crippen LogP contribution >= 0.6 is 0 Å². The Balaban J connectivity index is 1.80. The lowest BCUT2D eigenvalue weighted by molar-refractivity contribution is 0.146. The fraction of sp³-hybridized carbons (Fsp3) is 0.444. The molecule has 106 valence electrons. The summed E-state index contributed by atoms with van der Waals surface area (Å²) in [6.45, 7) is 5.57. The van der Waals surface area contributed by atoms with Crippen LogP contribution in [-0.2, 0) is 6.54 Å². The Morgan fingerprint density at radius 3 is 2.80 bits per heavy atom. The van der Waals surface area contributed by atoms with Crippen molar-refractivity contribution in [1.29, 1.82) is 0 Å². The summed E-state index contributed by atoms with van der Waals surface area (Å²) in [5.41, 5.74) is 7.65. The number of nitrogens with zero attached hydrogens (tertiary/aromatic N) is 1. The van der Waals surface area contributed by atoms with Crippen molar-refractivity contribution in [2.75, 3.05) is 13.1 Å². The fourth-order valence-corrected chi connectivity index (χ4v) is 3.37. The maximum atomic E-state index is 6.21. The average Bonchev–Trinajstić information content (AvgIpc) is 2.49. The zero-order valence-corrected chi connectivity index (χ0v) is 12.3. The lowest BCUT2D eigenvalue weighted by atomic mass is 9.90. The topological polar surface area (TPSA) is 29.3 Å². The molecule has 1 aliphatic rings. The van der Waals surface area contributed by atoms with Crippen LogP contribution in [-0.4, -0.2) is 24.0 Å². The molecule has 0 saturated carbocycles. The van der Waals surface area contributed by atoms with Gasteiger partial charge in [0.1, 0.15) is 0 Å². The van der Waals surface area contributed by atoms with Gasteiger partial charge in [-0.3, -0.25) is 4.90 Å². The second kappa shape index (κ2) is 5.94. The number of fused-ring (bicyclic) bond motifs is 1. The molecule has 2 aromatic carbocycles. The highest BCUT2D eigenvalue weighted by Crippen LogP contribution is 2.24. The van der Waals surface area contributed by atoms with Gasteiger partial charge in [-0.05, 0) is 35.2 Å². The molecule has 1 saturated heterocycles. The number of rotatable bonds is 3. The van der Waals surface area contributed by atoms with Crippen molar-refractivity contribution >= 4 is 10.8 Å². The van der Waals surface area contributed by atoms with Crippen molar-refractivity contribution in [2.45, 2.75) is 32.4 Å². The largest absolute Gasteiger partial charge is 0.327 e. The minimum atomic E-state index is 0.392. The summed E-state index contributed by atoms with van der Waals surface area (Å²) in [5, 5.41) is 2.73. The third-order valence-electron chi connectivity index (χ3n) is 4.68. The van der Waals surface area contributed by atoms with Crippen LogP contribution in [0.5, 0.6) is 0 Å². The molecule has 20 heavy (non-hydrogen) atoms. The van der Waals surface area contributed by atoms with E-state index in [-0.39, 0.29) is 0 Å². The molecule has 1 heterocycles. The third-order valence-corrected chi connectivity index (χ3v) is 4.68. The number of piperidine rings is 1. The van der Waals surface area contributed by atoms with E-state index in [0.29, 0.717) is 12.0 Å². The van der Waals surface area contributed by atoms with Gasteiger partial charge in [0.2, 0.25) is 0 Å². The first-order chi connectivity index (χ1) is 9.78. The van der Waals surface area contributed by atoms with Crippen molar-refractivity contribution in [1.82, 2.24) is 4.90 Å². The fourth-order valence-electron chi connectivity index (χ4n) is 3.37. The third kappa shape index (κ3) is 2.72. The van der Waals surface area contributed by atoms with Crippen molar-refractivity contribution in [3.63, 3.8) is 0 Å². The first-order valence-corrected chi connectivity index (χ1v) is 7.72. The number of hydrogen-bond donors (Lipinski definition) is 1. The smallest absolute Gasteiger partial charge is 0.0240 e. The highest BCUT2D eigenvalue weighted by Gasteiger charge is 2.25. The van der Waals surface area contributed by atoms with Gasteiger partial charge in [-0.15, -0.1) is 0 Å². The molecular formula is C18H24N2. The van der Waals surface area contributed by atoms with Crippen LogP contribution in [0.2, 0.25) is 0 Å². The van der Waals surface area contributed by atoms with Gasteiger partial charge in [0, 0.05) is 19.1 Å². The molecule has 2 unspecified atom stereocenters. The second-order valence-electron chi connectivity index (χ2n) is 5.99. The van der Waals surface area contributed by atoms with Gasteiger partial charge in [0.05, 0.1) is 0 Å². The quantitative estimate of drug-likeness (QED) is 0.924. The molecule has 2 N–H and O–H groups in total. The second-order valence-corrected chi connectivity index (χ2v) is 5.99. The predicted octanol–water partition coefficient (Wildman–Crippen LogP) is 3.40. The van der Waals surface area contributed by atoms with Crippen LogP contribution in [0.4, 0.5) is 0 Å². The SMILES string of the molecule is CCC1CN(Cc2cccc3ccccc23)CCC1N. The molecule has 0 radical (unpaired) electrons. The molecule has 2 atom stereocenters. The van der Waals surface area contributed by atoms with Gasteiger partial charge in [-0.25, -0.2) is 0 Å². The number of benzene rings is 2. The number of likely N-dealkylation sites (tertiary alicyclic amines) is 1. The van der Waals surface area contributed by atoms with Crippen LogP contribution in [0.1, 0.15) is 25.3 Å². The van der Waals surface area contributed by atoms with E-state index in [0.717, 1.165) is 26.1 Å². The summed E-state index contributed by atoms with van der Waals surface area (Å²) >= 11 is 0. The Morgan fingerprint density at radius 1 is 1.15 bits per heavy atom. The monoisotopic (exact) mass is 268 g/mol. The normalized spacial score (nSPS) is 24.1. The molecule has 0 aliphatic carbocycles. The summed E-state index contributed by atoms with van der Waals surface area (Å²) < 4.78 is 0. The minimum Gasteiger partial charge on any atom is -0.327 e. The molecule has 1 fully saturated rings. The van der Waals surface area contributed by atoms with E-state index in [9.17, 15) is 0 Å². The predicted molar refractivity (Wildman–Crippen MR) is 85.6 cm³/mol. The zero-order chi connectivity index (χ0) is 13.9. The van der Waals surface area contributed by atoms with E-state index >= 15 is 0 Å². The summed E-state index contributed by atoms with van der Waals surface area (Å²) in [6.07, 6.45) is 2.32. The van der Waals surface area contributed by atoms with E-state index in [1.165, 1.54) is 22.8 Å². The first kappa shape index (κ1) is 13.6. The maximum Gasteiger partial charge on any atom is 0.0240 e. The number of hydrogen-bond acceptors (Lipinski definition) is 2. The molecule has 2 nitrogen and oxygen atoms in total. The van der Waals surface area contributed by atoms with E-state index in [1.54, 1.807) is 0 Å². The molecule has 2 heteroatoms. The van der Waals surface area contributed by atoms with Crippen molar-refractivity contribution in [2.24, 2.45) is 11.7 Å². The Labute approximate surface area is 121 Å². The van der Waals surface area contributed by atoms with Gasteiger partial charge in [0.15, 0.2) is 0 Å². The van der Waals surface area contributed by atoms with Crippen molar-refractivity contribution in [3.8, 4) is 0 Å². The van der Waals surface area contributed by atoms with Gasteiger partial charge in [-0.2, -0.15) is 0 Å². The van der Waals surface area contributed by atoms with E-state index in [2.05, 4.69) is 54.3 Å². The summed E-state index contributed by atoms with van der Waals surface area (Å²) in [6, 6.07) is 15.7. The zero-order valence-electron chi connectivity index (χ0n) is 12.3. The van der Waals surface area contributed by atoms with Crippen LogP contribution in [0.25, 0.3) is 10.8 Å². The Hall–Kier alpha value is -1.38. The first-order valence-electron chi connectivity index (χ1n) is 7.72. The van der Waals surface area contributed by atoms with E-state index in [4.69, 9.17) is 5.73 Å². The summed E-state index contributed by atoms with van der Waals surface area (Å²) in [4.78, 5) is 2.57. The van der Waals surface area contributed by atoms with Crippen LogP contribution < -0.4 is 5.73 Å². The van der Waals surface area contributed by atoms with Gasteiger partial charge in [0.25, 0.3) is 0 Å². The van der Waals surface area contributed by atoms with Crippen LogP contribution in [0.15, 0.2) is 42.5 Å². The van der Waals surface area contributed by atoms with E-state index < -0.39 is 0 Å². The van der Waals surface area contributed by atoms with Crippen molar-refractivity contribution < 1.29 is 0 Å². The molecule has 2 aromatic rings. The molecule has 0 spiro atoms. The average molecular weight is 268 g/mol. The van der Waals surface area contributed by atoms with Crippen LogP contribution in [0, 0.1) is 5.92 Å². The van der Waals surface area contributed by atoms with E-state index in [1.807, 2.05) is 0 Å². The van der Waals surface area contributed by atoms with Gasteiger partial charge in [-0.1, -0.05) is 55.8 Å². The molecule has 3 rings (SSSR count). The summed E-state index contributed by atoms with van der Waals surface area (Å²) in [5.74, 6) is 0.652. The minimum absolute atomic E-state index is 0.392. The highest BCUT2D eigenvalue weighted by atomic mass is 15.1. The Bertz CT molecular complexity index is 573. The lowest BCUT2D eigenvalue weighted by Gasteiger charge is -2.36. The Morgan fingerprint density at radius 2 is 1.95 bits per heavy atom. The van der Waals surface area contributed by atoms with Crippen LogP contribution in [0.3, 0.4) is 0 Å². The molecule has 1 aliphatic heterocycles. The molecule has 0 amide bonds. The van der Waals surface area contributed by atoms with Crippen molar-refractivity contribution in [3.05, 3.63) is 48.0 Å². The van der Waals surface area contributed by atoms with Gasteiger partial charge >= 0.3 is 0 Å². The molecular weight excluding hydrogens is 244 g/mol. The van der Waals surface area contributed by atoms with Gasteiger partial charge < -0.3 is 5.73 Å². The molecule has 0 bridgehead atoms. The number of nitrogens with two attached hydrogens (primary N) is 1. The maximum absolute atomic E-state index is 6.21.